The molecule has 2 aromatic carbocycles. The average Bonchev–Trinajstić information content (AvgIpc) is 2.72. The average molecular weight is 251 g/mol. The third kappa shape index (κ3) is 1.75. The minimum Gasteiger partial charge on any atom is -0.338 e. The van der Waals surface area contributed by atoms with Crippen LogP contribution < -0.4 is 0 Å². The van der Waals surface area contributed by atoms with Gasteiger partial charge in [-0.3, -0.25) is 4.79 Å². The summed E-state index contributed by atoms with van der Waals surface area (Å²) in [6, 6.07) is 14.8. The van der Waals surface area contributed by atoms with Crippen LogP contribution in [0.25, 0.3) is 21.8 Å². The third-order valence-corrected chi connectivity index (χ3v) is 3.63. The van der Waals surface area contributed by atoms with E-state index in [4.69, 9.17) is 0 Å². The van der Waals surface area contributed by atoms with E-state index < -0.39 is 0 Å². The van der Waals surface area contributed by atoms with Gasteiger partial charge in [0.2, 0.25) is 0 Å². The highest BCUT2D eigenvalue weighted by atomic mass is 16.1. The maximum atomic E-state index is 11.6. The van der Waals surface area contributed by atoms with E-state index in [0.717, 1.165) is 10.9 Å². The molecule has 3 aromatic rings. The van der Waals surface area contributed by atoms with E-state index in [1.54, 1.807) is 6.92 Å². The highest BCUT2D eigenvalue weighted by Crippen LogP contribution is 2.32. The number of aromatic nitrogens is 1. The molecule has 19 heavy (non-hydrogen) atoms. The van der Waals surface area contributed by atoms with E-state index >= 15 is 0 Å². The molecule has 0 radical (unpaired) electrons. The molecule has 0 amide bonds. The standard InChI is InChI=1S/C17H17NO/c1-11(2)18-16-7-5-4-6-14(16)15-10-13(12(3)19)8-9-17(15)18/h4-11H,1-3H3. The monoisotopic (exact) mass is 251 g/mol. The zero-order valence-corrected chi connectivity index (χ0v) is 11.5. The fourth-order valence-electron chi connectivity index (χ4n) is 2.78. The van der Waals surface area contributed by atoms with Crippen molar-refractivity contribution in [3.05, 3.63) is 48.0 Å². The Balaban J connectivity index is 2.49. The van der Waals surface area contributed by atoms with Crippen molar-refractivity contribution in [3.8, 4) is 0 Å². The van der Waals surface area contributed by atoms with Gasteiger partial charge in [-0.25, -0.2) is 0 Å². The van der Waals surface area contributed by atoms with Crippen LogP contribution in [0.2, 0.25) is 0 Å². The molecule has 2 heteroatoms. The molecule has 0 fully saturated rings. The van der Waals surface area contributed by atoms with Crippen molar-refractivity contribution in [2.24, 2.45) is 0 Å². The van der Waals surface area contributed by atoms with Crippen LogP contribution in [0.4, 0.5) is 0 Å². The fraction of sp³-hybridized carbons (Fsp3) is 0.235. The maximum absolute atomic E-state index is 11.6. The number of benzene rings is 2. The summed E-state index contributed by atoms with van der Waals surface area (Å²) in [5.74, 6) is 0.114. The molecule has 1 aromatic heterocycles. The molecule has 2 nitrogen and oxygen atoms in total. The molecule has 0 N–H and O–H groups in total. The summed E-state index contributed by atoms with van der Waals surface area (Å²) in [6.07, 6.45) is 0. The molecule has 0 spiro atoms. The predicted octanol–water partition coefficient (Wildman–Crippen LogP) is 4.58. The van der Waals surface area contributed by atoms with Crippen molar-refractivity contribution in [2.75, 3.05) is 0 Å². The summed E-state index contributed by atoms with van der Waals surface area (Å²) in [5.41, 5.74) is 3.20. The van der Waals surface area contributed by atoms with Crippen LogP contribution in [-0.4, -0.2) is 10.4 Å². The number of fused-ring (bicyclic) bond motifs is 3. The summed E-state index contributed by atoms with van der Waals surface area (Å²) in [4.78, 5) is 11.6. The lowest BCUT2D eigenvalue weighted by Crippen LogP contribution is -2.00. The van der Waals surface area contributed by atoms with Crippen LogP contribution in [0.5, 0.6) is 0 Å². The van der Waals surface area contributed by atoms with Crippen molar-refractivity contribution in [1.82, 2.24) is 4.57 Å². The Hall–Kier alpha value is -2.09. The molecule has 0 aliphatic heterocycles. The Kier molecular flexibility index (Phi) is 2.67. The van der Waals surface area contributed by atoms with Gasteiger partial charge in [-0.1, -0.05) is 18.2 Å². The molecular weight excluding hydrogens is 234 g/mol. The summed E-state index contributed by atoms with van der Waals surface area (Å²) in [6.45, 7) is 5.98. The van der Waals surface area contributed by atoms with Crippen molar-refractivity contribution >= 4 is 27.6 Å². The number of Topliss-reactive ketones (excluding diaryl/α,β-unsaturated/α-hetero) is 1. The number of carbonyl (C=O) groups is 1. The van der Waals surface area contributed by atoms with Crippen LogP contribution in [0.15, 0.2) is 42.5 Å². The predicted molar refractivity (Wildman–Crippen MR) is 79.8 cm³/mol. The van der Waals surface area contributed by atoms with Gasteiger partial charge in [-0.15, -0.1) is 0 Å². The number of hydrogen-bond donors (Lipinski definition) is 0. The summed E-state index contributed by atoms with van der Waals surface area (Å²) >= 11 is 0. The van der Waals surface area contributed by atoms with Crippen LogP contribution in [0.3, 0.4) is 0 Å². The van der Waals surface area contributed by atoms with E-state index in [-0.39, 0.29) is 5.78 Å². The van der Waals surface area contributed by atoms with Crippen LogP contribution >= 0.6 is 0 Å². The van der Waals surface area contributed by atoms with E-state index in [0.29, 0.717) is 6.04 Å². The molecule has 0 atom stereocenters. The van der Waals surface area contributed by atoms with E-state index in [1.165, 1.54) is 16.4 Å². The van der Waals surface area contributed by atoms with Crippen molar-refractivity contribution < 1.29 is 4.79 Å². The Labute approximate surface area is 112 Å². The number of rotatable bonds is 2. The number of carbonyl (C=O) groups excluding carboxylic acids is 1. The van der Waals surface area contributed by atoms with E-state index in [9.17, 15) is 4.79 Å². The zero-order chi connectivity index (χ0) is 13.6. The first kappa shape index (κ1) is 12.0. The molecule has 0 bridgehead atoms. The van der Waals surface area contributed by atoms with Gasteiger partial charge in [-0.05, 0) is 45.0 Å². The van der Waals surface area contributed by atoms with Crippen LogP contribution in [-0.2, 0) is 0 Å². The lowest BCUT2D eigenvalue weighted by atomic mass is 10.1. The Morgan fingerprint density at radius 3 is 2.37 bits per heavy atom. The third-order valence-electron chi connectivity index (χ3n) is 3.63. The smallest absolute Gasteiger partial charge is 0.159 e. The number of nitrogens with zero attached hydrogens (tertiary/aromatic N) is 1. The molecule has 0 saturated heterocycles. The van der Waals surface area contributed by atoms with Gasteiger partial charge in [0.25, 0.3) is 0 Å². The molecule has 0 aliphatic carbocycles. The minimum absolute atomic E-state index is 0.114. The van der Waals surface area contributed by atoms with Gasteiger partial charge in [0, 0.05) is 33.4 Å². The van der Waals surface area contributed by atoms with Crippen molar-refractivity contribution in [3.63, 3.8) is 0 Å². The number of para-hydroxylation sites is 1. The van der Waals surface area contributed by atoms with Gasteiger partial charge in [0.15, 0.2) is 5.78 Å². The topological polar surface area (TPSA) is 22.0 Å². The quantitative estimate of drug-likeness (QED) is 0.611. The molecule has 96 valence electrons. The van der Waals surface area contributed by atoms with Crippen LogP contribution in [0.1, 0.15) is 37.2 Å². The van der Waals surface area contributed by atoms with Gasteiger partial charge in [0.1, 0.15) is 0 Å². The zero-order valence-electron chi connectivity index (χ0n) is 11.5. The molecule has 0 aliphatic rings. The number of ketones is 1. The van der Waals surface area contributed by atoms with Crippen molar-refractivity contribution in [1.29, 1.82) is 0 Å². The maximum Gasteiger partial charge on any atom is 0.159 e. The van der Waals surface area contributed by atoms with E-state index in [1.807, 2.05) is 18.2 Å². The van der Waals surface area contributed by atoms with Gasteiger partial charge in [0.05, 0.1) is 0 Å². The van der Waals surface area contributed by atoms with Crippen LogP contribution in [0, 0.1) is 0 Å². The molecule has 0 unspecified atom stereocenters. The molecule has 3 rings (SSSR count). The van der Waals surface area contributed by atoms with Crippen molar-refractivity contribution in [2.45, 2.75) is 26.8 Å². The second-order valence-electron chi connectivity index (χ2n) is 5.27. The lowest BCUT2D eigenvalue weighted by Gasteiger charge is -2.11. The second kappa shape index (κ2) is 4.23. The summed E-state index contributed by atoms with van der Waals surface area (Å²) in [5, 5.41) is 2.38. The Morgan fingerprint density at radius 1 is 1.00 bits per heavy atom. The number of hydrogen-bond acceptors (Lipinski definition) is 1. The first-order chi connectivity index (χ1) is 9.09. The van der Waals surface area contributed by atoms with Gasteiger partial charge < -0.3 is 4.57 Å². The summed E-state index contributed by atoms with van der Waals surface area (Å²) < 4.78 is 2.33. The molecule has 1 heterocycles. The minimum atomic E-state index is 0.114. The van der Waals surface area contributed by atoms with Gasteiger partial charge in [-0.2, -0.15) is 0 Å². The highest BCUT2D eigenvalue weighted by molar-refractivity contribution is 6.10. The first-order valence-electron chi connectivity index (χ1n) is 6.63. The van der Waals surface area contributed by atoms with Gasteiger partial charge >= 0.3 is 0 Å². The fourth-order valence-corrected chi connectivity index (χ4v) is 2.78. The largest absolute Gasteiger partial charge is 0.338 e. The lowest BCUT2D eigenvalue weighted by molar-refractivity contribution is 0.101. The second-order valence-corrected chi connectivity index (χ2v) is 5.27. The molecule has 0 saturated carbocycles. The van der Waals surface area contributed by atoms with E-state index in [2.05, 4.69) is 42.7 Å². The normalized spacial score (nSPS) is 11.6. The summed E-state index contributed by atoms with van der Waals surface area (Å²) in [7, 11) is 0. The Morgan fingerprint density at radius 2 is 1.68 bits per heavy atom. The molecular formula is C17H17NO. The SMILES string of the molecule is CC(=O)c1ccc2c(c1)c1ccccc1n2C(C)C. The Bertz CT molecular complexity index is 780. The first-order valence-corrected chi connectivity index (χ1v) is 6.63. The highest BCUT2D eigenvalue weighted by Gasteiger charge is 2.13.